The SMILES string of the molecule is Cc1cc(C)c([N+](=O)[O-])cc1OCC1(CBr)CCCCC1. The minimum atomic E-state index is -0.345. The third kappa shape index (κ3) is 3.76. The molecular weight excluding hydrogens is 334 g/mol. The van der Waals surface area contributed by atoms with Crippen LogP contribution in [-0.2, 0) is 0 Å². The van der Waals surface area contributed by atoms with E-state index in [1.165, 1.54) is 19.3 Å². The summed E-state index contributed by atoms with van der Waals surface area (Å²) in [5.41, 5.74) is 1.94. The highest BCUT2D eigenvalue weighted by Crippen LogP contribution is 2.39. The van der Waals surface area contributed by atoms with Crippen LogP contribution in [0.25, 0.3) is 0 Å². The van der Waals surface area contributed by atoms with Crippen LogP contribution in [0, 0.1) is 29.4 Å². The van der Waals surface area contributed by atoms with Crippen LogP contribution in [-0.4, -0.2) is 16.9 Å². The fourth-order valence-corrected chi connectivity index (χ4v) is 3.75. The molecule has 1 saturated carbocycles. The molecule has 1 fully saturated rings. The van der Waals surface area contributed by atoms with E-state index >= 15 is 0 Å². The first-order chi connectivity index (χ1) is 9.97. The lowest BCUT2D eigenvalue weighted by molar-refractivity contribution is -0.385. The number of benzene rings is 1. The fourth-order valence-electron chi connectivity index (χ4n) is 3.02. The Bertz CT molecular complexity index is 524. The molecule has 0 unspecified atom stereocenters. The second kappa shape index (κ2) is 6.77. The summed E-state index contributed by atoms with van der Waals surface area (Å²) in [5, 5.41) is 12.0. The van der Waals surface area contributed by atoms with Gasteiger partial charge in [0.05, 0.1) is 17.6 Å². The van der Waals surface area contributed by atoms with Crippen molar-refractivity contribution in [3.05, 3.63) is 33.4 Å². The minimum Gasteiger partial charge on any atom is -0.492 e. The molecule has 116 valence electrons. The predicted molar refractivity (Wildman–Crippen MR) is 87.4 cm³/mol. The van der Waals surface area contributed by atoms with Crippen molar-refractivity contribution in [3.8, 4) is 5.75 Å². The molecule has 0 radical (unpaired) electrons. The van der Waals surface area contributed by atoms with Gasteiger partial charge in [0.15, 0.2) is 0 Å². The Balaban J connectivity index is 2.15. The van der Waals surface area contributed by atoms with Crippen molar-refractivity contribution in [3.63, 3.8) is 0 Å². The monoisotopic (exact) mass is 355 g/mol. The number of aryl methyl sites for hydroxylation is 2. The van der Waals surface area contributed by atoms with Gasteiger partial charge in [0, 0.05) is 16.3 Å². The molecule has 0 heterocycles. The van der Waals surface area contributed by atoms with Gasteiger partial charge in [0.25, 0.3) is 5.69 Å². The molecule has 2 rings (SSSR count). The largest absolute Gasteiger partial charge is 0.492 e. The summed E-state index contributed by atoms with van der Waals surface area (Å²) in [6.07, 6.45) is 6.09. The van der Waals surface area contributed by atoms with Gasteiger partial charge in [-0.1, -0.05) is 35.2 Å². The Labute approximate surface area is 134 Å². The molecule has 4 nitrogen and oxygen atoms in total. The quantitative estimate of drug-likeness (QED) is 0.427. The van der Waals surface area contributed by atoms with Gasteiger partial charge < -0.3 is 4.74 Å². The van der Waals surface area contributed by atoms with Crippen molar-refractivity contribution >= 4 is 21.6 Å². The number of nitro groups is 1. The normalized spacial score (nSPS) is 17.5. The lowest BCUT2D eigenvalue weighted by Crippen LogP contribution is -2.32. The molecule has 0 saturated heterocycles. The highest BCUT2D eigenvalue weighted by Gasteiger charge is 2.32. The second-order valence-corrected chi connectivity index (χ2v) is 6.71. The van der Waals surface area contributed by atoms with Gasteiger partial charge in [-0.15, -0.1) is 0 Å². The lowest BCUT2D eigenvalue weighted by Gasteiger charge is -2.35. The Morgan fingerprint density at radius 3 is 2.48 bits per heavy atom. The Morgan fingerprint density at radius 1 is 1.24 bits per heavy atom. The van der Waals surface area contributed by atoms with Gasteiger partial charge in [-0.2, -0.15) is 0 Å². The maximum atomic E-state index is 11.1. The van der Waals surface area contributed by atoms with E-state index in [0.717, 1.165) is 23.7 Å². The molecule has 0 aliphatic heterocycles. The van der Waals surface area contributed by atoms with Crippen LogP contribution in [0.1, 0.15) is 43.2 Å². The maximum Gasteiger partial charge on any atom is 0.276 e. The first kappa shape index (κ1) is 16.3. The summed E-state index contributed by atoms with van der Waals surface area (Å²) in [6.45, 7) is 4.32. The van der Waals surface area contributed by atoms with Gasteiger partial charge in [0.2, 0.25) is 0 Å². The third-order valence-electron chi connectivity index (χ3n) is 4.42. The van der Waals surface area contributed by atoms with E-state index in [9.17, 15) is 10.1 Å². The second-order valence-electron chi connectivity index (χ2n) is 6.14. The van der Waals surface area contributed by atoms with Crippen molar-refractivity contribution < 1.29 is 9.66 Å². The van der Waals surface area contributed by atoms with Crippen molar-refractivity contribution in [2.24, 2.45) is 5.41 Å². The highest BCUT2D eigenvalue weighted by molar-refractivity contribution is 9.09. The summed E-state index contributed by atoms with van der Waals surface area (Å²) in [5.74, 6) is 0.637. The smallest absolute Gasteiger partial charge is 0.276 e. The molecular formula is C16H22BrNO3. The van der Waals surface area contributed by atoms with Crippen LogP contribution in [0.4, 0.5) is 5.69 Å². The van der Waals surface area contributed by atoms with E-state index in [-0.39, 0.29) is 16.0 Å². The van der Waals surface area contributed by atoms with Crippen LogP contribution < -0.4 is 4.74 Å². The average molecular weight is 356 g/mol. The standard InChI is InChI=1S/C16H22BrNO3/c1-12-8-13(2)15(9-14(12)18(19)20)21-11-16(10-17)6-4-3-5-7-16/h8-9H,3-7,10-11H2,1-2H3. The summed E-state index contributed by atoms with van der Waals surface area (Å²) in [4.78, 5) is 10.7. The number of ether oxygens (including phenoxy) is 1. The van der Waals surface area contributed by atoms with Crippen molar-refractivity contribution in [1.29, 1.82) is 0 Å². The number of nitro benzene ring substituents is 1. The molecule has 0 atom stereocenters. The first-order valence-corrected chi connectivity index (χ1v) is 8.54. The minimum absolute atomic E-state index is 0.132. The zero-order chi connectivity index (χ0) is 15.5. The van der Waals surface area contributed by atoms with E-state index in [2.05, 4.69) is 15.9 Å². The molecule has 21 heavy (non-hydrogen) atoms. The van der Waals surface area contributed by atoms with Crippen molar-refractivity contribution in [2.75, 3.05) is 11.9 Å². The molecule has 1 aliphatic rings. The third-order valence-corrected chi connectivity index (χ3v) is 5.61. The zero-order valence-electron chi connectivity index (χ0n) is 12.7. The Hall–Kier alpha value is -1.10. The fraction of sp³-hybridized carbons (Fsp3) is 0.625. The summed E-state index contributed by atoms with van der Waals surface area (Å²) < 4.78 is 5.98. The summed E-state index contributed by atoms with van der Waals surface area (Å²) in [6, 6.07) is 3.39. The molecule has 0 amide bonds. The predicted octanol–water partition coefficient (Wildman–Crippen LogP) is 4.94. The van der Waals surface area contributed by atoms with Gasteiger partial charge in [-0.3, -0.25) is 10.1 Å². The van der Waals surface area contributed by atoms with E-state index in [1.54, 1.807) is 13.0 Å². The number of rotatable bonds is 5. The molecule has 5 heteroatoms. The summed E-state index contributed by atoms with van der Waals surface area (Å²) in [7, 11) is 0. The maximum absolute atomic E-state index is 11.1. The van der Waals surface area contributed by atoms with Gasteiger partial charge in [-0.05, 0) is 38.3 Å². The van der Waals surface area contributed by atoms with E-state index in [4.69, 9.17) is 4.74 Å². The average Bonchev–Trinajstić information content (AvgIpc) is 2.47. The Kier molecular flexibility index (Phi) is 5.25. The molecule has 0 bridgehead atoms. The molecule has 1 aromatic rings. The molecule has 0 spiro atoms. The molecule has 1 aromatic carbocycles. The van der Waals surface area contributed by atoms with Crippen LogP contribution in [0.3, 0.4) is 0 Å². The van der Waals surface area contributed by atoms with Gasteiger partial charge in [-0.25, -0.2) is 0 Å². The number of nitrogens with zero attached hydrogens (tertiary/aromatic N) is 1. The van der Waals surface area contributed by atoms with E-state index < -0.39 is 0 Å². The molecule has 0 N–H and O–H groups in total. The van der Waals surface area contributed by atoms with Crippen LogP contribution in [0.15, 0.2) is 12.1 Å². The Morgan fingerprint density at radius 2 is 1.90 bits per heavy atom. The number of hydrogen-bond acceptors (Lipinski definition) is 3. The van der Waals surface area contributed by atoms with E-state index in [1.807, 2.05) is 13.0 Å². The number of hydrogen-bond donors (Lipinski definition) is 0. The van der Waals surface area contributed by atoms with Crippen LogP contribution in [0.2, 0.25) is 0 Å². The van der Waals surface area contributed by atoms with Gasteiger partial charge in [0.1, 0.15) is 5.75 Å². The molecule has 0 aromatic heterocycles. The van der Waals surface area contributed by atoms with Crippen molar-refractivity contribution in [2.45, 2.75) is 46.0 Å². The van der Waals surface area contributed by atoms with Crippen molar-refractivity contribution in [1.82, 2.24) is 0 Å². The number of halogens is 1. The highest BCUT2D eigenvalue weighted by atomic mass is 79.9. The van der Waals surface area contributed by atoms with Crippen LogP contribution >= 0.6 is 15.9 Å². The summed E-state index contributed by atoms with van der Waals surface area (Å²) >= 11 is 3.62. The molecule has 1 aliphatic carbocycles. The van der Waals surface area contributed by atoms with Crippen LogP contribution in [0.5, 0.6) is 5.75 Å². The number of alkyl halides is 1. The lowest BCUT2D eigenvalue weighted by atomic mass is 9.76. The zero-order valence-corrected chi connectivity index (χ0v) is 14.2. The topological polar surface area (TPSA) is 52.4 Å². The van der Waals surface area contributed by atoms with E-state index in [0.29, 0.717) is 17.9 Å². The first-order valence-electron chi connectivity index (χ1n) is 7.42. The van der Waals surface area contributed by atoms with Gasteiger partial charge >= 0.3 is 0 Å².